The number of rotatable bonds is 1. The van der Waals surface area contributed by atoms with Crippen LogP contribution in [0.2, 0.25) is 0 Å². The van der Waals surface area contributed by atoms with Crippen molar-refractivity contribution >= 4 is 5.71 Å². The number of nitrogens with zero attached hydrogens (tertiary/aromatic N) is 1. The molecule has 2 aliphatic rings. The molecule has 0 aromatic carbocycles. The largest absolute Gasteiger partial charge is 0.381 e. The molecule has 2 fully saturated rings. The fraction of sp³-hybridized carbons (Fsp3) is 0.889. The van der Waals surface area contributed by atoms with Crippen LogP contribution >= 0.6 is 0 Å². The van der Waals surface area contributed by atoms with Gasteiger partial charge < -0.3 is 4.74 Å². The predicted molar refractivity (Wildman–Crippen MR) is 44.1 cm³/mol. The Labute approximate surface area is 67.9 Å². The summed E-state index contributed by atoms with van der Waals surface area (Å²) in [4.78, 5) is 0. The molecule has 62 valence electrons. The standard InChI is InChI=1S/C9H16NO/c1-7(2)10-3-8(4-10)9-5-11-6-9/h8-9H,3-6H2,1-2H3/q+1. The molecule has 2 nitrogen and oxygen atoms in total. The highest BCUT2D eigenvalue weighted by Crippen LogP contribution is 2.26. The summed E-state index contributed by atoms with van der Waals surface area (Å²) in [5, 5.41) is 0. The van der Waals surface area contributed by atoms with Gasteiger partial charge in [-0.25, -0.2) is 4.58 Å². The van der Waals surface area contributed by atoms with Crippen LogP contribution in [0, 0.1) is 11.8 Å². The molecule has 0 unspecified atom stereocenters. The zero-order valence-electron chi connectivity index (χ0n) is 7.34. The molecule has 2 rings (SSSR count). The van der Waals surface area contributed by atoms with Crippen molar-refractivity contribution in [3.8, 4) is 0 Å². The van der Waals surface area contributed by atoms with Gasteiger partial charge in [-0.3, -0.25) is 0 Å². The van der Waals surface area contributed by atoms with Crippen molar-refractivity contribution in [1.29, 1.82) is 0 Å². The van der Waals surface area contributed by atoms with Crippen LogP contribution < -0.4 is 0 Å². The Morgan fingerprint density at radius 3 is 2.18 bits per heavy atom. The van der Waals surface area contributed by atoms with Gasteiger partial charge in [0, 0.05) is 19.8 Å². The van der Waals surface area contributed by atoms with Crippen molar-refractivity contribution in [2.45, 2.75) is 13.8 Å². The molecule has 0 aromatic rings. The summed E-state index contributed by atoms with van der Waals surface area (Å²) in [6, 6.07) is 0. The van der Waals surface area contributed by atoms with Crippen LogP contribution in [0.25, 0.3) is 0 Å². The molecule has 11 heavy (non-hydrogen) atoms. The molecule has 0 radical (unpaired) electrons. The fourth-order valence-corrected chi connectivity index (χ4v) is 1.70. The quantitative estimate of drug-likeness (QED) is 0.508. The Morgan fingerprint density at radius 1 is 1.18 bits per heavy atom. The highest BCUT2D eigenvalue weighted by molar-refractivity contribution is 5.74. The molecule has 2 saturated heterocycles. The summed E-state index contributed by atoms with van der Waals surface area (Å²) in [5.41, 5.74) is 1.46. The van der Waals surface area contributed by atoms with Crippen molar-refractivity contribution in [2.75, 3.05) is 26.3 Å². The Kier molecular flexibility index (Phi) is 1.72. The summed E-state index contributed by atoms with van der Waals surface area (Å²) >= 11 is 0. The van der Waals surface area contributed by atoms with Gasteiger partial charge >= 0.3 is 0 Å². The first-order valence-corrected chi connectivity index (χ1v) is 4.40. The zero-order chi connectivity index (χ0) is 7.84. The summed E-state index contributed by atoms with van der Waals surface area (Å²) in [6.07, 6.45) is 0. The molecule has 0 saturated carbocycles. The van der Waals surface area contributed by atoms with E-state index in [1.54, 1.807) is 0 Å². The molecular weight excluding hydrogens is 138 g/mol. The summed E-state index contributed by atoms with van der Waals surface area (Å²) in [6.45, 7) is 8.95. The van der Waals surface area contributed by atoms with Gasteiger partial charge in [0.25, 0.3) is 0 Å². The second-order valence-corrected chi connectivity index (χ2v) is 3.91. The van der Waals surface area contributed by atoms with Gasteiger partial charge in [-0.2, -0.15) is 0 Å². The molecule has 0 bridgehead atoms. The van der Waals surface area contributed by atoms with E-state index in [2.05, 4.69) is 18.4 Å². The summed E-state index contributed by atoms with van der Waals surface area (Å²) in [5.74, 6) is 1.81. The lowest BCUT2D eigenvalue weighted by molar-refractivity contribution is -0.612. The third-order valence-corrected chi connectivity index (χ3v) is 2.87. The minimum absolute atomic E-state index is 0.880. The maximum absolute atomic E-state index is 5.16. The van der Waals surface area contributed by atoms with E-state index >= 15 is 0 Å². The Bertz CT molecular complexity index is 182. The van der Waals surface area contributed by atoms with E-state index < -0.39 is 0 Å². The van der Waals surface area contributed by atoms with Crippen LogP contribution in [0.15, 0.2) is 0 Å². The predicted octanol–water partition coefficient (Wildman–Crippen LogP) is 0.756. The minimum Gasteiger partial charge on any atom is -0.381 e. The van der Waals surface area contributed by atoms with Crippen LogP contribution in [0.1, 0.15) is 13.8 Å². The molecular formula is C9H16NO+. The van der Waals surface area contributed by atoms with Crippen LogP contribution in [0.4, 0.5) is 0 Å². The fourth-order valence-electron chi connectivity index (χ4n) is 1.70. The van der Waals surface area contributed by atoms with Crippen LogP contribution in [0.3, 0.4) is 0 Å². The van der Waals surface area contributed by atoms with Crippen LogP contribution in [-0.4, -0.2) is 36.6 Å². The van der Waals surface area contributed by atoms with Gasteiger partial charge in [0.15, 0.2) is 13.1 Å². The van der Waals surface area contributed by atoms with E-state index in [9.17, 15) is 0 Å². The smallest absolute Gasteiger partial charge is 0.152 e. The second kappa shape index (κ2) is 2.59. The maximum atomic E-state index is 5.16. The van der Waals surface area contributed by atoms with Gasteiger partial charge in [0.05, 0.1) is 19.1 Å². The minimum atomic E-state index is 0.880. The Hall–Kier alpha value is -0.370. The molecule has 2 heterocycles. The average Bonchev–Trinajstić information content (AvgIpc) is 1.70. The number of ether oxygens (including phenoxy) is 1. The SMILES string of the molecule is CC(C)=[N+]1CC(C2COC2)C1. The monoisotopic (exact) mass is 154 g/mol. The van der Waals surface area contributed by atoms with E-state index in [0.717, 1.165) is 25.0 Å². The first-order chi connectivity index (χ1) is 5.27. The van der Waals surface area contributed by atoms with E-state index in [1.807, 2.05) is 0 Å². The second-order valence-electron chi connectivity index (χ2n) is 3.91. The van der Waals surface area contributed by atoms with E-state index in [1.165, 1.54) is 18.8 Å². The Morgan fingerprint density at radius 2 is 1.82 bits per heavy atom. The van der Waals surface area contributed by atoms with Gasteiger partial charge in [0.1, 0.15) is 5.71 Å². The first kappa shape index (κ1) is 7.29. The topological polar surface area (TPSA) is 12.2 Å². The van der Waals surface area contributed by atoms with Crippen molar-refractivity contribution < 1.29 is 9.31 Å². The summed E-state index contributed by atoms with van der Waals surface area (Å²) in [7, 11) is 0. The first-order valence-electron chi connectivity index (χ1n) is 4.40. The van der Waals surface area contributed by atoms with Gasteiger partial charge in [-0.1, -0.05) is 0 Å². The van der Waals surface area contributed by atoms with E-state index in [0.29, 0.717) is 0 Å². The van der Waals surface area contributed by atoms with Gasteiger partial charge in [0.2, 0.25) is 0 Å². The maximum Gasteiger partial charge on any atom is 0.152 e. The molecule has 2 heteroatoms. The van der Waals surface area contributed by atoms with Crippen molar-refractivity contribution in [3.05, 3.63) is 0 Å². The summed E-state index contributed by atoms with van der Waals surface area (Å²) < 4.78 is 7.61. The average molecular weight is 154 g/mol. The zero-order valence-corrected chi connectivity index (χ0v) is 7.34. The molecule has 0 N–H and O–H groups in total. The molecule has 0 atom stereocenters. The highest BCUT2D eigenvalue weighted by Gasteiger charge is 2.41. The molecule has 2 aliphatic heterocycles. The van der Waals surface area contributed by atoms with E-state index in [-0.39, 0.29) is 0 Å². The molecule has 0 aromatic heterocycles. The van der Waals surface area contributed by atoms with Crippen molar-refractivity contribution in [2.24, 2.45) is 11.8 Å². The molecule has 0 amide bonds. The third kappa shape index (κ3) is 1.20. The van der Waals surface area contributed by atoms with E-state index in [4.69, 9.17) is 4.74 Å². The molecule has 0 spiro atoms. The molecule has 0 aliphatic carbocycles. The highest BCUT2D eigenvalue weighted by atomic mass is 16.5. The third-order valence-electron chi connectivity index (χ3n) is 2.87. The lowest BCUT2D eigenvalue weighted by atomic mass is 9.85. The van der Waals surface area contributed by atoms with Gasteiger partial charge in [-0.15, -0.1) is 0 Å². The van der Waals surface area contributed by atoms with Crippen molar-refractivity contribution in [1.82, 2.24) is 0 Å². The number of hydrogen-bond acceptors (Lipinski definition) is 1. The normalized spacial score (nSPS) is 31.1. The van der Waals surface area contributed by atoms with Gasteiger partial charge in [-0.05, 0) is 0 Å². The van der Waals surface area contributed by atoms with Crippen molar-refractivity contribution in [3.63, 3.8) is 0 Å². The lowest BCUT2D eigenvalue weighted by Crippen LogP contribution is -2.51. The van der Waals surface area contributed by atoms with Crippen LogP contribution in [-0.2, 0) is 4.74 Å². The van der Waals surface area contributed by atoms with Crippen LogP contribution in [0.5, 0.6) is 0 Å². The number of hydrogen-bond donors (Lipinski definition) is 0. The Balaban J connectivity index is 1.83. The lowest BCUT2D eigenvalue weighted by Gasteiger charge is -2.36.